The molecule has 0 spiro atoms. The van der Waals surface area contributed by atoms with Crippen LogP contribution >= 0.6 is 0 Å². The zero-order valence-electron chi connectivity index (χ0n) is 12.8. The van der Waals surface area contributed by atoms with Crippen molar-refractivity contribution < 1.29 is 19.1 Å². The molecule has 0 saturated heterocycles. The number of amides is 1. The predicted octanol–water partition coefficient (Wildman–Crippen LogP) is 2.62. The van der Waals surface area contributed by atoms with E-state index in [0.29, 0.717) is 16.7 Å². The third-order valence-corrected chi connectivity index (χ3v) is 3.69. The normalized spacial score (nSPS) is 10.7. The first-order valence-corrected chi connectivity index (χ1v) is 7.41. The van der Waals surface area contributed by atoms with E-state index < -0.39 is 18.4 Å². The van der Waals surface area contributed by atoms with Crippen LogP contribution in [-0.4, -0.2) is 23.5 Å². The highest BCUT2D eigenvalue weighted by molar-refractivity contribution is 6.09. The van der Waals surface area contributed by atoms with E-state index in [1.165, 1.54) is 0 Å². The lowest BCUT2D eigenvalue weighted by Gasteiger charge is -2.19. The van der Waals surface area contributed by atoms with Crippen molar-refractivity contribution in [2.24, 2.45) is 5.73 Å². The zero-order valence-corrected chi connectivity index (χ0v) is 12.8. The molecule has 6 heteroatoms. The summed E-state index contributed by atoms with van der Waals surface area (Å²) in [6.45, 7) is -0.384. The summed E-state index contributed by atoms with van der Waals surface area (Å²) in [7, 11) is 0. The van der Waals surface area contributed by atoms with E-state index in [2.05, 4.69) is 0 Å². The van der Waals surface area contributed by atoms with Gasteiger partial charge in [0.15, 0.2) is 0 Å². The molecule has 1 aromatic heterocycles. The topological polar surface area (TPSA) is 96.8 Å². The van der Waals surface area contributed by atoms with Crippen molar-refractivity contribution >= 4 is 28.7 Å². The van der Waals surface area contributed by atoms with Gasteiger partial charge in [-0.05, 0) is 18.2 Å². The Morgan fingerprint density at radius 2 is 1.71 bits per heavy atom. The minimum atomic E-state index is -1.14. The van der Waals surface area contributed by atoms with Gasteiger partial charge in [0.2, 0.25) is 5.88 Å². The molecule has 0 aliphatic carbocycles. The molecular weight excluding hydrogens is 308 g/mol. The summed E-state index contributed by atoms with van der Waals surface area (Å²) < 4.78 is 5.76. The van der Waals surface area contributed by atoms with Crippen LogP contribution in [0.25, 0.3) is 11.0 Å². The number of carbonyl (C=O) groups excluding carboxylic acids is 1. The van der Waals surface area contributed by atoms with E-state index in [4.69, 9.17) is 10.2 Å². The van der Waals surface area contributed by atoms with Crippen molar-refractivity contribution in [3.05, 3.63) is 65.7 Å². The van der Waals surface area contributed by atoms with Gasteiger partial charge in [-0.15, -0.1) is 0 Å². The van der Waals surface area contributed by atoms with Crippen LogP contribution in [-0.2, 0) is 11.3 Å². The lowest BCUT2D eigenvalue weighted by Crippen LogP contribution is -2.36. The SMILES string of the molecule is NCc1c(N(CC(=O)O)C(=O)c2ccccc2)oc2ccccc12. The Kier molecular flexibility index (Phi) is 4.31. The van der Waals surface area contributed by atoms with Crippen molar-refractivity contribution in [3.8, 4) is 0 Å². The maximum absolute atomic E-state index is 12.8. The fourth-order valence-corrected chi connectivity index (χ4v) is 2.61. The Morgan fingerprint density at radius 3 is 2.38 bits per heavy atom. The molecule has 0 atom stereocenters. The van der Waals surface area contributed by atoms with Crippen LogP contribution in [0.5, 0.6) is 0 Å². The molecule has 0 aliphatic rings. The van der Waals surface area contributed by atoms with Crippen LogP contribution in [0.1, 0.15) is 15.9 Å². The van der Waals surface area contributed by atoms with Gasteiger partial charge in [0.05, 0.1) is 0 Å². The number of benzene rings is 2. The number of fused-ring (bicyclic) bond motifs is 1. The summed E-state index contributed by atoms with van der Waals surface area (Å²) in [6, 6.07) is 15.7. The second-order valence-corrected chi connectivity index (χ2v) is 5.24. The van der Waals surface area contributed by atoms with Gasteiger partial charge >= 0.3 is 5.97 Å². The van der Waals surface area contributed by atoms with E-state index in [1.54, 1.807) is 42.5 Å². The van der Waals surface area contributed by atoms with Crippen molar-refractivity contribution in [2.45, 2.75) is 6.54 Å². The van der Waals surface area contributed by atoms with Gasteiger partial charge in [-0.2, -0.15) is 0 Å². The molecule has 0 aliphatic heterocycles. The number of carboxylic acid groups (broad SMARTS) is 1. The Hall–Kier alpha value is -3.12. The van der Waals surface area contributed by atoms with E-state index in [0.717, 1.165) is 10.3 Å². The molecule has 122 valence electrons. The number of nitrogens with two attached hydrogens (primary N) is 1. The summed E-state index contributed by atoms with van der Waals surface area (Å²) in [6.07, 6.45) is 0. The molecule has 3 rings (SSSR count). The quantitative estimate of drug-likeness (QED) is 0.752. The Bertz CT molecular complexity index is 886. The van der Waals surface area contributed by atoms with Crippen LogP contribution in [0.3, 0.4) is 0 Å². The summed E-state index contributed by atoms with van der Waals surface area (Å²) in [5, 5.41) is 9.98. The van der Waals surface area contributed by atoms with E-state index >= 15 is 0 Å². The molecule has 6 nitrogen and oxygen atoms in total. The third kappa shape index (κ3) is 2.87. The third-order valence-electron chi connectivity index (χ3n) is 3.69. The molecule has 0 fully saturated rings. The molecule has 24 heavy (non-hydrogen) atoms. The molecule has 0 saturated carbocycles. The number of hydrogen-bond donors (Lipinski definition) is 2. The summed E-state index contributed by atoms with van der Waals surface area (Å²) in [4.78, 5) is 25.2. The lowest BCUT2D eigenvalue weighted by molar-refractivity contribution is -0.135. The first-order valence-electron chi connectivity index (χ1n) is 7.41. The standard InChI is InChI=1S/C18H16N2O4/c19-10-14-13-8-4-5-9-15(13)24-18(14)20(11-16(21)22)17(23)12-6-2-1-3-7-12/h1-9H,10-11,19H2,(H,21,22). The Labute approximate surface area is 138 Å². The van der Waals surface area contributed by atoms with Crippen LogP contribution in [0.15, 0.2) is 59.0 Å². The fourth-order valence-electron chi connectivity index (χ4n) is 2.61. The average molecular weight is 324 g/mol. The van der Waals surface area contributed by atoms with Crippen molar-refractivity contribution in [3.63, 3.8) is 0 Å². The maximum atomic E-state index is 12.8. The number of aliphatic carboxylic acids is 1. The zero-order chi connectivity index (χ0) is 17.1. The number of para-hydroxylation sites is 1. The van der Waals surface area contributed by atoms with Crippen LogP contribution in [0.2, 0.25) is 0 Å². The fraction of sp³-hybridized carbons (Fsp3) is 0.111. The van der Waals surface area contributed by atoms with Gasteiger partial charge in [0.25, 0.3) is 5.91 Å². The molecular formula is C18H16N2O4. The molecule has 3 N–H and O–H groups in total. The van der Waals surface area contributed by atoms with E-state index in [1.807, 2.05) is 12.1 Å². The smallest absolute Gasteiger partial charge is 0.323 e. The predicted molar refractivity (Wildman–Crippen MR) is 89.9 cm³/mol. The molecule has 0 unspecified atom stereocenters. The molecule has 0 bridgehead atoms. The van der Waals surface area contributed by atoms with Crippen LogP contribution in [0, 0.1) is 0 Å². The largest absolute Gasteiger partial charge is 0.480 e. The van der Waals surface area contributed by atoms with Gasteiger partial charge in [0, 0.05) is 23.1 Å². The first kappa shape index (κ1) is 15.8. The van der Waals surface area contributed by atoms with Crippen molar-refractivity contribution in [1.82, 2.24) is 0 Å². The van der Waals surface area contributed by atoms with Crippen LogP contribution in [0.4, 0.5) is 5.88 Å². The highest BCUT2D eigenvalue weighted by atomic mass is 16.4. The molecule has 1 amide bonds. The Morgan fingerprint density at radius 1 is 1.04 bits per heavy atom. The van der Waals surface area contributed by atoms with Gasteiger partial charge < -0.3 is 15.3 Å². The van der Waals surface area contributed by atoms with Crippen LogP contribution < -0.4 is 10.6 Å². The summed E-state index contributed by atoms with van der Waals surface area (Å²) >= 11 is 0. The summed E-state index contributed by atoms with van der Waals surface area (Å²) in [5.74, 6) is -1.41. The maximum Gasteiger partial charge on any atom is 0.323 e. The lowest BCUT2D eigenvalue weighted by atomic mass is 10.1. The number of furan rings is 1. The van der Waals surface area contributed by atoms with E-state index in [-0.39, 0.29) is 12.4 Å². The van der Waals surface area contributed by atoms with Gasteiger partial charge in [-0.1, -0.05) is 36.4 Å². The molecule has 3 aromatic rings. The number of anilines is 1. The average Bonchev–Trinajstić information content (AvgIpc) is 2.98. The number of nitrogens with zero attached hydrogens (tertiary/aromatic N) is 1. The number of carbonyl (C=O) groups is 2. The second kappa shape index (κ2) is 6.55. The number of hydrogen-bond acceptors (Lipinski definition) is 4. The van der Waals surface area contributed by atoms with Gasteiger partial charge in [-0.25, -0.2) is 0 Å². The van der Waals surface area contributed by atoms with Crippen molar-refractivity contribution in [2.75, 3.05) is 11.4 Å². The number of rotatable bonds is 5. The van der Waals surface area contributed by atoms with Crippen molar-refractivity contribution in [1.29, 1.82) is 0 Å². The molecule has 2 aromatic carbocycles. The van der Waals surface area contributed by atoms with Gasteiger partial charge in [-0.3, -0.25) is 14.5 Å². The molecule has 1 heterocycles. The molecule has 0 radical (unpaired) electrons. The minimum absolute atomic E-state index is 0.129. The highest BCUT2D eigenvalue weighted by Crippen LogP contribution is 2.33. The number of carboxylic acids is 1. The van der Waals surface area contributed by atoms with Gasteiger partial charge in [0.1, 0.15) is 12.1 Å². The minimum Gasteiger partial charge on any atom is -0.480 e. The first-order chi connectivity index (χ1) is 11.6. The summed E-state index contributed by atoms with van der Waals surface area (Å²) in [5.41, 5.74) is 7.37. The second-order valence-electron chi connectivity index (χ2n) is 5.24. The monoisotopic (exact) mass is 324 g/mol. The Balaban J connectivity index is 2.13. The van der Waals surface area contributed by atoms with E-state index in [9.17, 15) is 14.7 Å². The highest BCUT2D eigenvalue weighted by Gasteiger charge is 2.27.